The molecular weight excluding hydrogens is 291 g/mol. The van der Waals surface area contributed by atoms with Crippen LogP contribution in [0.1, 0.15) is 56.5 Å². The van der Waals surface area contributed by atoms with E-state index in [0.717, 1.165) is 12.2 Å². The molecule has 0 aromatic heterocycles. The molecule has 114 valence electrons. The molecule has 1 rings (SSSR count). The van der Waals surface area contributed by atoms with Crippen molar-refractivity contribution in [3.8, 4) is 5.75 Å². The lowest BCUT2D eigenvalue weighted by molar-refractivity contribution is 0.0490. The first-order valence-electron chi connectivity index (χ1n) is 6.98. The molecule has 0 fully saturated rings. The van der Waals surface area contributed by atoms with Crippen LogP contribution in [0.25, 0.3) is 0 Å². The van der Waals surface area contributed by atoms with Gasteiger partial charge in [0.15, 0.2) is 6.79 Å². The third-order valence-electron chi connectivity index (χ3n) is 3.31. The Kier molecular flexibility index (Phi) is 6.78. The Balaban J connectivity index is 3.43. The average molecular weight is 317 g/mol. The molecule has 0 spiro atoms. The topological polar surface area (TPSA) is 18.5 Å². The van der Waals surface area contributed by atoms with Crippen molar-refractivity contribution in [3.63, 3.8) is 0 Å². The van der Waals surface area contributed by atoms with Gasteiger partial charge in [-0.2, -0.15) is 0 Å². The van der Waals surface area contributed by atoms with Crippen LogP contribution in [0.15, 0.2) is 12.1 Å². The summed E-state index contributed by atoms with van der Waals surface area (Å²) in [5, 5.41) is 0. The first-order chi connectivity index (χ1) is 9.35. The summed E-state index contributed by atoms with van der Waals surface area (Å²) in [6.45, 7) is 11.2. The van der Waals surface area contributed by atoms with Crippen LogP contribution in [-0.2, 0) is 10.2 Å². The van der Waals surface area contributed by atoms with E-state index in [-0.39, 0.29) is 12.2 Å². The lowest BCUT2D eigenvalue weighted by atomic mass is 9.83. The van der Waals surface area contributed by atoms with Crippen LogP contribution in [0.4, 0.5) is 0 Å². The van der Waals surface area contributed by atoms with Crippen molar-refractivity contribution < 1.29 is 9.47 Å². The molecule has 0 radical (unpaired) electrons. The SMILES string of the molecule is CCC(PCl)c1cc(C)cc(C(C)(C)C)c1OCOC. The fraction of sp³-hybridized carbons (Fsp3) is 0.625. The van der Waals surface area contributed by atoms with Crippen LogP contribution < -0.4 is 4.74 Å². The number of benzene rings is 1. The minimum Gasteiger partial charge on any atom is -0.467 e. The van der Waals surface area contributed by atoms with Gasteiger partial charge in [-0.3, -0.25) is 0 Å². The lowest BCUT2D eigenvalue weighted by Crippen LogP contribution is -2.16. The zero-order chi connectivity index (χ0) is 15.3. The van der Waals surface area contributed by atoms with E-state index in [1.54, 1.807) is 7.11 Å². The molecule has 2 atom stereocenters. The number of aryl methyl sites for hydroxylation is 1. The van der Waals surface area contributed by atoms with E-state index < -0.39 is 0 Å². The van der Waals surface area contributed by atoms with Gasteiger partial charge in [-0.05, 0) is 26.7 Å². The van der Waals surface area contributed by atoms with Gasteiger partial charge in [0, 0.05) is 23.9 Å². The molecule has 0 saturated heterocycles. The first kappa shape index (κ1) is 17.8. The van der Waals surface area contributed by atoms with Crippen LogP contribution in [0.5, 0.6) is 5.75 Å². The van der Waals surface area contributed by atoms with Gasteiger partial charge in [-0.15, -0.1) is 0 Å². The van der Waals surface area contributed by atoms with E-state index in [4.69, 9.17) is 20.7 Å². The summed E-state index contributed by atoms with van der Waals surface area (Å²) in [6, 6.07) is 4.41. The number of hydrogen-bond donors (Lipinski definition) is 0. The summed E-state index contributed by atoms with van der Waals surface area (Å²) in [6.07, 6.45) is 1.01. The summed E-state index contributed by atoms with van der Waals surface area (Å²) in [5.74, 6) is 0.949. The highest BCUT2D eigenvalue weighted by atomic mass is 35.7. The molecule has 1 aromatic carbocycles. The number of halogens is 1. The van der Waals surface area contributed by atoms with Crippen molar-refractivity contribution in [2.24, 2.45) is 0 Å². The van der Waals surface area contributed by atoms with E-state index in [9.17, 15) is 0 Å². The van der Waals surface area contributed by atoms with Gasteiger partial charge >= 0.3 is 0 Å². The van der Waals surface area contributed by atoms with E-state index in [1.165, 1.54) is 16.7 Å². The third kappa shape index (κ3) is 4.35. The highest BCUT2D eigenvalue weighted by Crippen LogP contribution is 2.47. The highest BCUT2D eigenvalue weighted by molar-refractivity contribution is 7.68. The third-order valence-corrected chi connectivity index (χ3v) is 5.08. The van der Waals surface area contributed by atoms with Crippen molar-refractivity contribution in [1.82, 2.24) is 0 Å². The van der Waals surface area contributed by atoms with E-state index in [0.29, 0.717) is 13.6 Å². The van der Waals surface area contributed by atoms with Gasteiger partial charge in [-0.1, -0.05) is 56.6 Å². The number of rotatable bonds is 6. The predicted molar refractivity (Wildman–Crippen MR) is 89.6 cm³/mol. The largest absolute Gasteiger partial charge is 0.467 e. The smallest absolute Gasteiger partial charge is 0.188 e. The Morgan fingerprint density at radius 1 is 1.30 bits per heavy atom. The maximum atomic E-state index is 6.17. The summed E-state index contributed by atoms with van der Waals surface area (Å²) in [5.41, 5.74) is 4.05. The van der Waals surface area contributed by atoms with E-state index >= 15 is 0 Å². The zero-order valence-electron chi connectivity index (χ0n) is 13.3. The van der Waals surface area contributed by atoms with Crippen LogP contribution in [0.2, 0.25) is 0 Å². The summed E-state index contributed by atoms with van der Waals surface area (Å²) in [7, 11) is 2.00. The average Bonchev–Trinajstić information content (AvgIpc) is 2.37. The summed E-state index contributed by atoms with van der Waals surface area (Å²) >= 11 is 6.17. The van der Waals surface area contributed by atoms with Gasteiger partial charge in [0.2, 0.25) is 0 Å². The Bertz CT molecular complexity index is 437. The fourth-order valence-corrected chi connectivity index (χ4v) is 3.55. The van der Waals surface area contributed by atoms with Gasteiger partial charge < -0.3 is 9.47 Å². The Morgan fingerprint density at radius 2 is 1.95 bits per heavy atom. The molecule has 0 N–H and O–H groups in total. The quantitative estimate of drug-likeness (QED) is 0.505. The van der Waals surface area contributed by atoms with Crippen LogP contribution in [0, 0.1) is 6.92 Å². The summed E-state index contributed by atoms with van der Waals surface area (Å²) < 4.78 is 11.0. The van der Waals surface area contributed by atoms with Crippen LogP contribution in [-0.4, -0.2) is 13.9 Å². The zero-order valence-corrected chi connectivity index (χ0v) is 15.1. The van der Waals surface area contributed by atoms with Gasteiger partial charge in [0.25, 0.3) is 0 Å². The molecule has 0 bridgehead atoms. The van der Waals surface area contributed by atoms with Crippen molar-refractivity contribution in [3.05, 3.63) is 28.8 Å². The van der Waals surface area contributed by atoms with Crippen molar-refractivity contribution in [1.29, 1.82) is 0 Å². The molecule has 2 nitrogen and oxygen atoms in total. The van der Waals surface area contributed by atoms with Gasteiger partial charge in [0.1, 0.15) is 5.75 Å². The Labute approximate surface area is 129 Å². The normalized spacial score (nSPS) is 13.9. The fourth-order valence-electron chi connectivity index (χ4n) is 2.25. The number of ether oxygens (including phenoxy) is 2. The van der Waals surface area contributed by atoms with E-state index in [2.05, 4.69) is 46.8 Å². The molecule has 0 aliphatic carbocycles. The molecule has 2 unspecified atom stereocenters. The van der Waals surface area contributed by atoms with Gasteiger partial charge in [-0.25, -0.2) is 0 Å². The Morgan fingerprint density at radius 3 is 2.40 bits per heavy atom. The molecule has 0 heterocycles. The van der Waals surface area contributed by atoms with Crippen LogP contribution in [0.3, 0.4) is 0 Å². The minimum absolute atomic E-state index is 0.0254. The standard InChI is InChI=1S/C16H26ClO2P/c1-7-14(20-17)12-8-11(2)9-13(16(3,4)5)15(12)19-10-18-6/h8-9,14,20H,7,10H2,1-6H3. The van der Waals surface area contributed by atoms with Crippen molar-refractivity contribution in [2.75, 3.05) is 13.9 Å². The number of methoxy groups -OCH3 is 1. The molecule has 0 aliphatic heterocycles. The molecule has 0 amide bonds. The highest BCUT2D eigenvalue weighted by Gasteiger charge is 2.25. The van der Waals surface area contributed by atoms with E-state index in [1.807, 2.05) is 0 Å². The molecule has 0 saturated carbocycles. The molecular formula is C16H26ClO2P. The lowest BCUT2D eigenvalue weighted by Gasteiger charge is -2.27. The monoisotopic (exact) mass is 316 g/mol. The van der Waals surface area contributed by atoms with Crippen LogP contribution >= 0.6 is 19.2 Å². The Hall–Kier alpha value is -0.300. The first-order valence-corrected chi connectivity index (χ1v) is 9.07. The second-order valence-electron chi connectivity index (χ2n) is 6.10. The van der Waals surface area contributed by atoms with Crippen molar-refractivity contribution in [2.45, 2.75) is 52.1 Å². The number of hydrogen-bond acceptors (Lipinski definition) is 2. The maximum absolute atomic E-state index is 6.17. The molecule has 1 aromatic rings. The minimum atomic E-state index is 0.0254. The van der Waals surface area contributed by atoms with Crippen molar-refractivity contribution >= 4 is 19.2 Å². The molecule has 4 heteroatoms. The second kappa shape index (κ2) is 7.64. The summed E-state index contributed by atoms with van der Waals surface area (Å²) in [4.78, 5) is 0. The molecule has 0 aliphatic rings. The molecule has 20 heavy (non-hydrogen) atoms. The van der Waals surface area contributed by atoms with Gasteiger partial charge in [0.05, 0.1) is 0 Å². The second-order valence-corrected chi connectivity index (χ2v) is 7.67. The maximum Gasteiger partial charge on any atom is 0.188 e. The predicted octanol–water partition coefficient (Wildman–Crippen LogP) is 5.56.